The van der Waals surface area contributed by atoms with Gasteiger partial charge >= 0.3 is 0 Å². The Morgan fingerprint density at radius 3 is 2.48 bits per heavy atom. The molecule has 1 N–H and O–H groups in total. The highest BCUT2D eigenvalue weighted by atomic mass is 127. The minimum absolute atomic E-state index is 0. The lowest BCUT2D eigenvalue weighted by molar-refractivity contribution is 0.223. The summed E-state index contributed by atoms with van der Waals surface area (Å²) in [5.41, 5.74) is 0. The van der Waals surface area contributed by atoms with Crippen LogP contribution in [-0.4, -0.2) is 72.6 Å². The Morgan fingerprint density at radius 2 is 2.00 bits per heavy atom. The van der Waals surface area contributed by atoms with Crippen LogP contribution in [-0.2, 0) is 0 Å². The minimum Gasteiger partial charge on any atom is -0.355 e. The molecule has 1 fully saturated rings. The van der Waals surface area contributed by atoms with Crippen molar-refractivity contribution in [2.24, 2.45) is 4.99 Å². The van der Waals surface area contributed by atoms with E-state index in [9.17, 15) is 0 Å². The lowest BCUT2D eigenvalue weighted by Crippen LogP contribution is -2.46. The monoisotopic (exact) mass is 428 g/mol. The first-order valence-corrected chi connectivity index (χ1v) is 8.94. The third kappa shape index (κ3) is 6.52. The molecular weight excluding hydrogens is 395 g/mol. The van der Waals surface area contributed by atoms with E-state index in [4.69, 9.17) is 0 Å². The average Bonchev–Trinajstić information content (AvgIpc) is 2.90. The van der Waals surface area contributed by atoms with Crippen LogP contribution in [0.15, 0.2) is 4.99 Å². The number of nitrogens with zero attached hydrogens (tertiary/aromatic N) is 3. The van der Waals surface area contributed by atoms with Gasteiger partial charge in [-0.2, -0.15) is 11.8 Å². The summed E-state index contributed by atoms with van der Waals surface area (Å²) in [6.07, 6.45) is 3.41. The number of thioether (sulfide) groups is 1. The van der Waals surface area contributed by atoms with Gasteiger partial charge in [-0.15, -0.1) is 24.0 Å². The Balaban J connectivity index is 0.00000400. The maximum Gasteiger partial charge on any atom is 0.193 e. The summed E-state index contributed by atoms with van der Waals surface area (Å²) in [6.45, 7) is 14.5. The summed E-state index contributed by atoms with van der Waals surface area (Å²) < 4.78 is 0.244. The molecule has 21 heavy (non-hydrogen) atoms. The number of likely N-dealkylation sites (tertiary alicyclic amines) is 1. The summed E-state index contributed by atoms with van der Waals surface area (Å²) in [5.74, 6) is 1.06. The van der Waals surface area contributed by atoms with Gasteiger partial charge in [0.15, 0.2) is 5.96 Å². The highest BCUT2D eigenvalue weighted by Gasteiger charge is 2.28. The fourth-order valence-corrected chi connectivity index (χ4v) is 2.89. The Morgan fingerprint density at radius 1 is 1.38 bits per heavy atom. The van der Waals surface area contributed by atoms with Crippen molar-refractivity contribution in [3.8, 4) is 0 Å². The van der Waals surface area contributed by atoms with Gasteiger partial charge in [0.2, 0.25) is 0 Å². The van der Waals surface area contributed by atoms with Gasteiger partial charge in [0.1, 0.15) is 0 Å². The van der Waals surface area contributed by atoms with Crippen molar-refractivity contribution in [2.45, 2.75) is 44.9 Å². The van der Waals surface area contributed by atoms with Gasteiger partial charge in [0, 0.05) is 37.5 Å². The molecule has 0 aromatic rings. The third-order valence-corrected chi connectivity index (χ3v) is 5.48. The van der Waals surface area contributed by atoms with Crippen molar-refractivity contribution >= 4 is 41.7 Å². The van der Waals surface area contributed by atoms with E-state index in [2.05, 4.69) is 54.1 Å². The van der Waals surface area contributed by atoms with Crippen LogP contribution in [0.25, 0.3) is 0 Å². The van der Waals surface area contributed by atoms with Crippen molar-refractivity contribution in [3.63, 3.8) is 0 Å². The zero-order valence-corrected chi connectivity index (χ0v) is 17.6. The summed E-state index contributed by atoms with van der Waals surface area (Å²) in [5, 5.41) is 3.53. The summed E-state index contributed by atoms with van der Waals surface area (Å²) in [4.78, 5) is 9.41. The molecule has 4 nitrogen and oxygen atoms in total. The van der Waals surface area contributed by atoms with E-state index in [1.165, 1.54) is 6.42 Å². The van der Waals surface area contributed by atoms with Crippen LogP contribution in [0.1, 0.15) is 34.1 Å². The zero-order chi connectivity index (χ0) is 15.2. The second kappa shape index (κ2) is 10.2. The van der Waals surface area contributed by atoms with E-state index in [0.29, 0.717) is 6.04 Å². The normalized spacial score (nSPS) is 19.9. The van der Waals surface area contributed by atoms with E-state index < -0.39 is 0 Å². The first-order chi connectivity index (χ1) is 9.47. The summed E-state index contributed by atoms with van der Waals surface area (Å²) in [6, 6.07) is 0.678. The van der Waals surface area contributed by atoms with E-state index in [0.717, 1.165) is 38.7 Å². The molecule has 1 atom stereocenters. The molecule has 0 aromatic heterocycles. The van der Waals surface area contributed by atoms with E-state index in [1.807, 2.05) is 18.8 Å². The fraction of sp³-hybridized carbons (Fsp3) is 0.933. The summed E-state index contributed by atoms with van der Waals surface area (Å²) >= 11 is 1.89. The second-order valence-corrected chi connectivity index (χ2v) is 7.49. The minimum atomic E-state index is 0. The molecule has 1 rings (SSSR count). The van der Waals surface area contributed by atoms with Crippen LogP contribution in [0.2, 0.25) is 0 Å². The number of likely N-dealkylation sites (N-methyl/N-ethyl adjacent to an activating group) is 1. The van der Waals surface area contributed by atoms with Crippen LogP contribution in [0.4, 0.5) is 0 Å². The Kier molecular flexibility index (Phi) is 10.3. The number of halogens is 1. The molecule has 0 spiro atoms. The summed E-state index contributed by atoms with van der Waals surface area (Å²) in [7, 11) is 1.89. The van der Waals surface area contributed by atoms with Gasteiger partial charge in [-0.1, -0.05) is 13.8 Å². The van der Waals surface area contributed by atoms with Crippen molar-refractivity contribution in [1.29, 1.82) is 0 Å². The average molecular weight is 428 g/mol. The number of hydrogen-bond donors (Lipinski definition) is 1. The van der Waals surface area contributed by atoms with Gasteiger partial charge < -0.3 is 10.2 Å². The first-order valence-electron chi connectivity index (χ1n) is 7.72. The smallest absolute Gasteiger partial charge is 0.193 e. The lowest BCUT2D eigenvalue weighted by atomic mass is 10.2. The molecule has 1 aliphatic heterocycles. The maximum absolute atomic E-state index is 4.46. The quantitative estimate of drug-likeness (QED) is 0.401. The SMILES string of the molecule is CCN(CC)C1CCN(C(=NC)NCC(C)(C)SC)C1.I. The zero-order valence-electron chi connectivity index (χ0n) is 14.5. The molecule has 1 saturated heterocycles. The second-order valence-electron chi connectivity index (χ2n) is 5.97. The molecule has 0 bridgehead atoms. The van der Waals surface area contributed by atoms with Crippen LogP contribution in [0.5, 0.6) is 0 Å². The van der Waals surface area contributed by atoms with Crippen LogP contribution < -0.4 is 5.32 Å². The molecule has 6 heteroatoms. The van der Waals surface area contributed by atoms with Crippen LogP contribution in [0, 0.1) is 0 Å². The van der Waals surface area contributed by atoms with Gasteiger partial charge in [0.05, 0.1) is 0 Å². The number of rotatable bonds is 6. The maximum atomic E-state index is 4.46. The first kappa shape index (κ1) is 21.3. The number of hydrogen-bond acceptors (Lipinski definition) is 3. The molecule has 1 unspecified atom stereocenters. The van der Waals surface area contributed by atoms with E-state index >= 15 is 0 Å². The Labute approximate surface area is 152 Å². The number of aliphatic imine (C=N–C) groups is 1. The van der Waals surface area contributed by atoms with E-state index in [-0.39, 0.29) is 28.7 Å². The molecule has 0 radical (unpaired) electrons. The number of guanidine groups is 1. The molecule has 0 saturated carbocycles. The molecule has 1 heterocycles. The standard InChI is InChI=1S/C15H32N4S.HI/c1-7-18(8-2)13-9-10-19(11-13)14(16-5)17-12-15(3,4)20-6;/h13H,7-12H2,1-6H3,(H,16,17);1H. The molecule has 0 amide bonds. The number of nitrogens with one attached hydrogen (secondary N) is 1. The van der Waals surface area contributed by atoms with Crippen molar-refractivity contribution in [2.75, 3.05) is 46.0 Å². The largest absolute Gasteiger partial charge is 0.355 e. The van der Waals surface area contributed by atoms with Gasteiger partial charge in [-0.3, -0.25) is 9.89 Å². The Bertz CT molecular complexity index is 319. The van der Waals surface area contributed by atoms with E-state index in [1.54, 1.807) is 0 Å². The van der Waals surface area contributed by atoms with Gasteiger partial charge in [-0.05, 0) is 39.6 Å². The topological polar surface area (TPSA) is 30.9 Å². The van der Waals surface area contributed by atoms with Crippen molar-refractivity contribution in [3.05, 3.63) is 0 Å². The molecule has 0 aromatic carbocycles. The molecular formula is C15H33IN4S. The van der Waals surface area contributed by atoms with Crippen molar-refractivity contribution in [1.82, 2.24) is 15.1 Å². The van der Waals surface area contributed by atoms with Crippen molar-refractivity contribution < 1.29 is 0 Å². The highest BCUT2D eigenvalue weighted by Crippen LogP contribution is 2.20. The highest BCUT2D eigenvalue weighted by molar-refractivity contribution is 14.0. The van der Waals surface area contributed by atoms with Gasteiger partial charge in [0.25, 0.3) is 0 Å². The molecule has 1 aliphatic rings. The fourth-order valence-electron chi connectivity index (χ4n) is 2.67. The molecule has 0 aliphatic carbocycles. The van der Waals surface area contributed by atoms with Gasteiger partial charge in [-0.25, -0.2) is 0 Å². The predicted octanol–water partition coefficient (Wildman–Crippen LogP) is 2.74. The molecule has 126 valence electrons. The lowest BCUT2D eigenvalue weighted by Gasteiger charge is -2.29. The third-order valence-electron chi connectivity index (χ3n) is 4.23. The van der Waals surface area contributed by atoms with Crippen LogP contribution >= 0.6 is 35.7 Å². The van der Waals surface area contributed by atoms with Crippen LogP contribution in [0.3, 0.4) is 0 Å². The predicted molar refractivity (Wildman–Crippen MR) is 107 cm³/mol. The Hall–Kier alpha value is 0.310.